The lowest BCUT2D eigenvalue weighted by molar-refractivity contribution is 0.0943. The topological polar surface area (TPSA) is 42.0 Å². The van der Waals surface area contributed by atoms with Crippen molar-refractivity contribution in [2.75, 3.05) is 0 Å². The van der Waals surface area contributed by atoms with Crippen molar-refractivity contribution in [1.82, 2.24) is 10.3 Å². The number of carbonyl (C=O) groups is 1. The summed E-state index contributed by atoms with van der Waals surface area (Å²) in [4.78, 5) is 16.9. The van der Waals surface area contributed by atoms with Crippen molar-refractivity contribution in [3.8, 4) is 0 Å². The molecule has 0 saturated carbocycles. The molecule has 4 heteroatoms. The Bertz CT molecular complexity index is 893. The van der Waals surface area contributed by atoms with Crippen molar-refractivity contribution in [3.63, 3.8) is 0 Å². The number of aromatic nitrogens is 1. The first-order valence-electron chi connectivity index (χ1n) is 8.08. The average molecular weight is 351 g/mol. The van der Waals surface area contributed by atoms with Crippen LogP contribution in [0.25, 0.3) is 0 Å². The summed E-state index contributed by atoms with van der Waals surface area (Å²) in [6.07, 6.45) is 3.50. The lowest BCUT2D eigenvalue weighted by Gasteiger charge is -2.20. The SMILES string of the molecule is Cc1ccc([C@@H](NC(=O)c2cccc(Cl)c2)c2cccnc2)cc1C. The zero-order chi connectivity index (χ0) is 17.8. The second-order valence-corrected chi connectivity index (χ2v) is 6.48. The molecule has 0 fully saturated rings. The summed E-state index contributed by atoms with van der Waals surface area (Å²) in [5, 5.41) is 3.64. The van der Waals surface area contributed by atoms with Crippen LogP contribution in [0.4, 0.5) is 0 Å². The molecule has 0 aliphatic rings. The van der Waals surface area contributed by atoms with Crippen molar-refractivity contribution in [3.05, 3.63) is 99.8 Å². The maximum Gasteiger partial charge on any atom is 0.252 e. The van der Waals surface area contributed by atoms with Gasteiger partial charge in [0.1, 0.15) is 0 Å². The van der Waals surface area contributed by atoms with E-state index in [4.69, 9.17) is 11.6 Å². The molecule has 126 valence electrons. The number of nitrogens with zero attached hydrogens (tertiary/aromatic N) is 1. The summed E-state index contributed by atoms with van der Waals surface area (Å²) in [7, 11) is 0. The van der Waals surface area contributed by atoms with Gasteiger partial charge >= 0.3 is 0 Å². The van der Waals surface area contributed by atoms with Crippen LogP contribution in [-0.4, -0.2) is 10.9 Å². The van der Waals surface area contributed by atoms with E-state index < -0.39 is 0 Å². The minimum Gasteiger partial charge on any atom is -0.341 e. The van der Waals surface area contributed by atoms with Crippen LogP contribution >= 0.6 is 11.6 Å². The molecule has 1 heterocycles. The molecule has 1 N–H and O–H groups in total. The Balaban J connectivity index is 1.97. The van der Waals surface area contributed by atoms with Crippen LogP contribution in [0, 0.1) is 13.8 Å². The van der Waals surface area contributed by atoms with E-state index in [0.29, 0.717) is 10.6 Å². The fourth-order valence-corrected chi connectivity index (χ4v) is 2.88. The van der Waals surface area contributed by atoms with Crippen LogP contribution in [0.3, 0.4) is 0 Å². The highest BCUT2D eigenvalue weighted by Gasteiger charge is 2.18. The molecule has 2 aromatic carbocycles. The Labute approximate surface area is 152 Å². The van der Waals surface area contributed by atoms with E-state index in [-0.39, 0.29) is 11.9 Å². The smallest absolute Gasteiger partial charge is 0.252 e. The highest BCUT2D eigenvalue weighted by atomic mass is 35.5. The predicted molar refractivity (Wildman–Crippen MR) is 101 cm³/mol. The van der Waals surface area contributed by atoms with Gasteiger partial charge < -0.3 is 5.32 Å². The standard InChI is InChI=1S/C21H19ClN2O/c1-14-8-9-16(11-15(14)2)20(18-6-4-10-23-13-18)24-21(25)17-5-3-7-19(22)12-17/h3-13,20H,1-2H3,(H,24,25)/t20-/m1/s1. The molecule has 0 radical (unpaired) electrons. The maximum absolute atomic E-state index is 12.7. The van der Waals surface area contributed by atoms with E-state index in [9.17, 15) is 4.79 Å². The molecular formula is C21H19ClN2O. The number of benzene rings is 2. The lowest BCUT2D eigenvalue weighted by Crippen LogP contribution is -2.29. The first-order chi connectivity index (χ1) is 12.0. The molecule has 0 spiro atoms. The van der Waals surface area contributed by atoms with Gasteiger partial charge in [0.25, 0.3) is 5.91 Å². The summed E-state index contributed by atoms with van der Waals surface area (Å²) in [6.45, 7) is 4.14. The highest BCUT2D eigenvalue weighted by Crippen LogP contribution is 2.24. The van der Waals surface area contributed by atoms with E-state index in [2.05, 4.69) is 36.3 Å². The van der Waals surface area contributed by atoms with E-state index in [1.807, 2.05) is 18.2 Å². The number of nitrogens with one attached hydrogen (secondary N) is 1. The monoisotopic (exact) mass is 350 g/mol. The molecule has 0 saturated heterocycles. The second-order valence-electron chi connectivity index (χ2n) is 6.05. The molecule has 3 aromatic rings. The van der Waals surface area contributed by atoms with Gasteiger partial charge in [0, 0.05) is 23.0 Å². The number of hydrogen-bond donors (Lipinski definition) is 1. The third-order valence-corrected chi connectivity index (χ3v) is 4.48. The number of halogens is 1. The maximum atomic E-state index is 12.7. The molecule has 1 atom stereocenters. The second kappa shape index (κ2) is 7.49. The van der Waals surface area contributed by atoms with Gasteiger partial charge in [-0.2, -0.15) is 0 Å². The zero-order valence-corrected chi connectivity index (χ0v) is 14.9. The third kappa shape index (κ3) is 4.06. The van der Waals surface area contributed by atoms with Crippen LogP contribution in [0.5, 0.6) is 0 Å². The van der Waals surface area contributed by atoms with E-state index in [1.165, 1.54) is 11.1 Å². The third-order valence-electron chi connectivity index (χ3n) is 4.24. The summed E-state index contributed by atoms with van der Waals surface area (Å²) < 4.78 is 0. The van der Waals surface area contributed by atoms with E-state index in [0.717, 1.165) is 11.1 Å². The molecule has 3 rings (SSSR count). The minimum atomic E-state index is -0.278. The normalized spacial score (nSPS) is 11.8. The number of aryl methyl sites for hydroxylation is 2. The number of pyridine rings is 1. The summed E-state index contributed by atoms with van der Waals surface area (Å²) in [5.74, 6) is -0.172. The van der Waals surface area contributed by atoms with Gasteiger partial charge in [0.2, 0.25) is 0 Å². The van der Waals surface area contributed by atoms with Gasteiger partial charge in [-0.15, -0.1) is 0 Å². The number of amides is 1. The molecule has 0 bridgehead atoms. The number of carbonyl (C=O) groups excluding carboxylic acids is 1. The minimum absolute atomic E-state index is 0.172. The fourth-order valence-electron chi connectivity index (χ4n) is 2.69. The Hall–Kier alpha value is -2.65. The Morgan fingerprint density at radius 1 is 1.00 bits per heavy atom. The predicted octanol–water partition coefficient (Wildman–Crippen LogP) is 4.87. The largest absolute Gasteiger partial charge is 0.341 e. The van der Waals surface area contributed by atoms with Crippen LogP contribution in [0.2, 0.25) is 5.02 Å². The van der Waals surface area contributed by atoms with Gasteiger partial charge in [-0.3, -0.25) is 9.78 Å². The van der Waals surface area contributed by atoms with Crippen molar-refractivity contribution >= 4 is 17.5 Å². The summed E-state index contributed by atoms with van der Waals surface area (Å²) in [5.41, 5.74) is 4.89. The summed E-state index contributed by atoms with van der Waals surface area (Å²) in [6, 6.07) is 16.7. The number of rotatable bonds is 4. The van der Waals surface area contributed by atoms with Crippen LogP contribution < -0.4 is 5.32 Å². The van der Waals surface area contributed by atoms with Gasteiger partial charge in [-0.25, -0.2) is 0 Å². The van der Waals surface area contributed by atoms with Crippen molar-refractivity contribution in [1.29, 1.82) is 0 Å². The molecule has 25 heavy (non-hydrogen) atoms. The van der Waals surface area contributed by atoms with Crippen molar-refractivity contribution in [2.45, 2.75) is 19.9 Å². The van der Waals surface area contributed by atoms with E-state index in [1.54, 1.807) is 36.7 Å². The highest BCUT2D eigenvalue weighted by molar-refractivity contribution is 6.30. The van der Waals surface area contributed by atoms with Gasteiger partial charge in [0.05, 0.1) is 6.04 Å². The molecule has 0 aliphatic heterocycles. The zero-order valence-electron chi connectivity index (χ0n) is 14.2. The van der Waals surface area contributed by atoms with Crippen LogP contribution in [0.1, 0.15) is 38.7 Å². The Morgan fingerprint density at radius 2 is 1.84 bits per heavy atom. The molecule has 0 unspecified atom stereocenters. The molecule has 1 aromatic heterocycles. The first kappa shape index (κ1) is 17.2. The van der Waals surface area contributed by atoms with Crippen LogP contribution in [-0.2, 0) is 0 Å². The summed E-state index contributed by atoms with van der Waals surface area (Å²) >= 11 is 6.01. The molecule has 1 amide bonds. The quantitative estimate of drug-likeness (QED) is 0.729. The lowest BCUT2D eigenvalue weighted by atomic mass is 9.96. The number of hydrogen-bond acceptors (Lipinski definition) is 2. The van der Waals surface area contributed by atoms with E-state index >= 15 is 0 Å². The van der Waals surface area contributed by atoms with Crippen LogP contribution in [0.15, 0.2) is 67.0 Å². The van der Waals surface area contributed by atoms with Gasteiger partial charge in [-0.05, 0) is 60.4 Å². The average Bonchev–Trinajstić information content (AvgIpc) is 2.62. The Kier molecular flexibility index (Phi) is 5.15. The molecule has 0 aliphatic carbocycles. The Morgan fingerprint density at radius 3 is 2.52 bits per heavy atom. The van der Waals surface area contributed by atoms with Crippen molar-refractivity contribution < 1.29 is 4.79 Å². The van der Waals surface area contributed by atoms with Gasteiger partial charge in [0.15, 0.2) is 0 Å². The first-order valence-corrected chi connectivity index (χ1v) is 8.46. The van der Waals surface area contributed by atoms with Crippen molar-refractivity contribution in [2.24, 2.45) is 0 Å². The fraction of sp³-hybridized carbons (Fsp3) is 0.143. The molecular weight excluding hydrogens is 332 g/mol. The van der Waals surface area contributed by atoms with Gasteiger partial charge in [-0.1, -0.05) is 41.9 Å². The molecule has 3 nitrogen and oxygen atoms in total.